The van der Waals surface area contributed by atoms with Gasteiger partial charge >= 0.3 is 0 Å². The first-order chi connectivity index (χ1) is 9.08. The van der Waals surface area contributed by atoms with Crippen molar-refractivity contribution >= 4 is 33.2 Å². The Kier molecular flexibility index (Phi) is 4.46. The molecule has 0 aromatic heterocycles. The van der Waals surface area contributed by atoms with Gasteiger partial charge in [0.15, 0.2) is 0 Å². The van der Waals surface area contributed by atoms with Crippen LogP contribution in [0.15, 0.2) is 22.7 Å². The number of amides is 1. The number of carbonyl (C=O) groups is 1. The number of nitrogens with one attached hydrogen (secondary N) is 2. The maximum atomic E-state index is 11.9. The number of halogens is 1. The summed E-state index contributed by atoms with van der Waals surface area (Å²) in [5.74, 6) is -0.391. The van der Waals surface area contributed by atoms with Crippen LogP contribution in [0.25, 0.3) is 0 Å². The lowest BCUT2D eigenvalue weighted by molar-refractivity contribution is -0.384. The Hall–Kier alpha value is -1.51. The molecule has 1 heterocycles. The topological polar surface area (TPSA) is 93.5 Å². The van der Waals surface area contributed by atoms with E-state index in [9.17, 15) is 14.9 Å². The van der Waals surface area contributed by atoms with E-state index in [0.717, 1.165) is 0 Å². The molecular weight excluding hydrogens is 318 g/mol. The fourth-order valence-corrected chi connectivity index (χ4v) is 2.06. The van der Waals surface area contributed by atoms with Crippen molar-refractivity contribution in [3.8, 4) is 0 Å². The highest BCUT2D eigenvalue weighted by molar-refractivity contribution is 9.10. The van der Waals surface area contributed by atoms with Gasteiger partial charge in [0.05, 0.1) is 11.5 Å². The minimum Gasteiger partial charge on any atom is -0.366 e. The van der Waals surface area contributed by atoms with Crippen molar-refractivity contribution in [3.63, 3.8) is 0 Å². The number of nitrogens with zero attached hydrogens (tertiary/aromatic N) is 1. The van der Waals surface area contributed by atoms with Gasteiger partial charge in [-0.25, -0.2) is 0 Å². The number of hydrogen-bond donors (Lipinski definition) is 2. The van der Waals surface area contributed by atoms with Gasteiger partial charge in [0.1, 0.15) is 11.8 Å². The lowest BCUT2D eigenvalue weighted by atomic mass is 10.2. The summed E-state index contributed by atoms with van der Waals surface area (Å²) in [6.07, 6.45) is -0.628. The zero-order valence-corrected chi connectivity index (χ0v) is 11.5. The van der Waals surface area contributed by atoms with Crippen molar-refractivity contribution in [1.29, 1.82) is 0 Å². The summed E-state index contributed by atoms with van der Waals surface area (Å²) < 4.78 is 5.86. The minimum absolute atomic E-state index is 0.160. The molecule has 2 rings (SSSR count). The monoisotopic (exact) mass is 329 g/mol. The molecule has 1 aliphatic heterocycles. The van der Waals surface area contributed by atoms with Gasteiger partial charge < -0.3 is 15.4 Å². The zero-order valence-electron chi connectivity index (χ0n) is 9.89. The molecule has 7 nitrogen and oxygen atoms in total. The van der Waals surface area contributed by atoms with E-state index in [1.165, 1.54) is 12.1 Å². The van der Waals surface area contributed by atoms with Crippen LogP contribution in [0.1, 0.15) is 0 Å². The fourth-order valence-electron chi connectivity index (χ4n) is 1.71. The molecule has 0 radical (unpaired) electrons. The zero-order chi connectivity index (χ0) is 13.8. The number of nitro groups is 1. The Balaban J connectivity index is 2.13. The van der Waals surface area contributed by atoms with E-state index < -0.39 is 16.9 Å². The van der Waals surface area contributed by atoms with Crippen LogP contribution in [0.5, 0.6) is 0 Å². The molecule has 1 aliphatic rings. The average molecular weight is 330 g/mol. The van der Waals surface area contributed by atoms with Crippen LogP contribution in [-0.4, -0.2) is 36.6 Å². The van der Waals surface area contributed by atoms with Crippen molar-refractivity contribution in [2.24, 2.45) is 0 Å². The first-order valence-electron chi connectivity index (χ1n) is 5.65. The van der Waals surface area contributed by atoms with E-state index in [2.05, 4.69) is 26.6 Å². The quantitative estimate of drug-likeness (QED) is 0.643. The Labute approximate surface area is 117 Å². The molecule has 0 saturated carbocycles. The number of ether oxygens (including phenoxy) is 1. The van der Waals surface area contributed by atoms with E-state index in [1.54, 1.807) is 6.07 Å². The molecule has 1 aromatic carbocycles. The van der Waals surface area contributed by atoms with E-state index in [-0.39, 0.29) is 11.4 Å². The Bertz CT molecular complexity index is 503. The van der Waals surface area contributed by atoms with Crippen LogP contribution in [0.4, 0.5) is 11.4 Å². The molecule has 0 aliphatic carbocycles. The fraction of sp³-hybridized carbons (Fsp3) is 0.364. The van der Waals surface area contributed by atoms with E-state index in [0.29, 0.717) is 24.2 Å². The van der Waals surface area contributed by atoms with Gasteiger partial charge in [0.2, 0.25) is 0 Å². The summed E-state index contributed by atoms with van der Waals surface area (Å²) >= 11 is 3.16. The lowest BCUT2D eigenvalue weighted by Gasteiger charge is -2.22. The van der Waals surface area contributed by atoms with Gasteiger partial charge in [-0.3, -0.25) is 14.9 Å². The van der Waals surface area contributed by atoms with Crippen molar-refractivity contribution in [1.82, 2.24) is 5.32 Å². The molecule has 1 saturated heterocycles. The summed E-state index contributed by atoms with van der Waals surface area (Å²) in [6.45, 7) is 1.54. The molecule has 2 N–H and O–H groups in total. The highest BCUT2D eigenvalue weighted by atomic mass is 79.9. The standard InChI is InChI=1S/C11H12BrN3O4/c12-7-1-2-8(9(5-7)15(17)18)14-11(16)10-6-13-3-4-19-10/h1-2,5,10,13H,3-4,6H2,(H,14,16). The molecule has 1 fully saturated rings. The molecule has 0 spiro atoms. The van der Waals surface area contributed by atoms with Gasteiger partial charge in [0, 0.05) is 23.6 Å². The number of nitro benzene ring substituents is 1. The number of benzene rings is 1. The van der Waals surface area contributed by atoms with E-state index in [1.807, 2.05) is 0 Å². The van der Waals surface area contributed by atoms with Crippen LogP contribution in [-0.2, 0) is 9.53 Å². The molecule has 1 atom stereocenters. The molecule has 0 bridgehead atoms. The van der Waals surface area contributed by atoms with E-state index in [4.69, 9.17) is 4.74 Å². The molecule has 1 unspecified atom stereocenters. The lowest BCUT2D eigenvalue weighted by Crippen LogP contribution is -2.45. The molecule has 1 amide bonds. The molecule has 8 heteroatoms. The first-order valence-corrected chi connectivity index (χ1v) is 6.44. The molecular formula is C11H12BrN3O4. The maximum absolute atomic E-state index is 11.9. The minimum atomic E-state index is -0.628. The number of anilines is 1. The predicted molar refractivity (Wildman–Crippen MR) is 72.0 cm³/mol. The van der Waals surface area contributed by atoms with Crippen molar-refractivity contribution < 1.29 is 14.5 Å². The molecule has 19 heavy (non-hydrogen) atoms. The van der Waals surface area contributed by atoms with Crippen LogP contribution in [0.2, 0.25) is 0 Å². The van der Waals surface area contributed by atoms with Crippen molar-refractivity contribution in [2.75, 3.05) is 25.0 Å². The second-order valence-corrected chi connectivity index (χ2v) is 4.89. The van der Waals surface area contributed by atoms with Crippen LogP contribution in [0, 0.1) is 10.1 Å². The number of morpholine rings is 1. The third-order valence-corrected chi connectivity index (χ3v) is 3.13. The number of carbonyl (C=O) groups excluding carboxylic acids is 1. The number of hydrogen-bond acceptors (Lipinski definition) is 5. The summed E-state index contributed by atoms with van der Waals surface area (Å²) in [5, 5.41) is 16.5. The second kappa shape index (κ2) is 6.09. The Morgan fingerprint density at radius 2 is 2.37 bits per heavy atom. The van der Waals surface area contributed by atoms with Gasteiger partial charge in [-0.2, -0.15) is 0 Å². The summed E-state index contributed by atoms with van der Waals surface area (Å²) in [7, 11) is 0. The van der Waals surface area contributed by atoms with Gasteiger partial charge in [-0.1, -0.05) is 15.9 Å². The van der Waals surface area contributed by atoms with Gasteiger partial charge in [0.25, 0.3) is 11.6 Å². The van der Waals surface area contributed by atoms with Crippen LogP contribution < -0.4 is 10.6 Å². The van der Waals surface area contributed by atoms with Gasteiger partial charge in [-0.15, -0.1) is 0 Å². The summed E-state index contributed by atoms with van der Waals surface area (Å²) in [5.41, 5.74) is -0.00105. The highest BCUT2D eigenvalue weighted by Crippen LogP contribution is 2.28. The first kappa shape index (κ1) is 13.9. The predicted octanol–water partition coefficient (Wildman–Crippen LogP) is 1.28. The smallest absolute Gasteiger partial charge is 0.293 e. The largest absolute Gasteiger partial charge is 0.366 e. The molecule has 102 valence electrons. The Morgan fingerprint density at radius 3 is 3.00 bits per heavy atom. The van der Waals surface area contributed by atoms with Crippen LogP contribution >= 0.6 is 15.9 Å². The normalized spacial score (nSPS) is 18.9. The third-order valence-electron chi connectivity index (χ3n) is 2.63. The van der Waals surface area contributed by atoms with E-state index >= 15 is 0 Å². The molecule has 1 aromatic rings. The number of rotatable bonds is 3. The average Bonchev–Trinajstić information content (AvgIpc) is 2.41. The summed E-state index contributed by atoms with van der Waals surface area (Å²) in [4.78, 5) is 22.3. The van der Waals surface area contributed by atoms with Crippen molar-refractivity contribution in [3.05, 3.63) is 32.8 Å². The van der Waals surface area contributed by atoms with Crippen molar-refractivity contribution in [2.45, 2.75) is 6.10 Å². The maximum Gasteiger partial charge on any atom is 0.293 e. The summed E-state index contributed by atoms with van der Waals surface area (Å²) in [6, 6.07) is 4.45. The Morgan fingerprint density at radius 1 is 1.58 bits per heavy atom. The van der Waals surface area contributed by atoms with Crippen LogP contribution in [0.3, 0.4) is 0 Å². The second-order valence-electron chi connectivity index (χ2n) is 3.97. The SMILES string of the molecule is O=C(Nc1ccc(Br)cc1[N+](=O)[O-])C1CNCCO1. The highest BCUT2D eigenvalue weighted by Gasteiger charge is 2.24. The van der Waals surface area contributed by atoms with Gasteiger partial charge in [-0.05, 0) is 12.1 Å². The third kappa shape index (κ3) is 3.49.